The van der Waals surface area contributed by atoms with Crippen molar-refractivity contribution >= 4 is 23.4 Å². The molecular formula is C21H34N2O3S. The first-order valence-corrected chi connectivity index (χ1v) is 10.7. The predicted octanol–water partition coefficient (Wildman–Crippen LogP) is 4.60. The number of unbranched alkanes of at least 4 members (excludes halogenated alkanes) is 1. The Labute approximate surface area is 166 Å². The number of amides is 1. The molecule has 1 aromatic heterocycles. The molecule has 0 bridgehead atoms. The van der Waals surface area contributed by atoms with Crippen molar-refractivity contribution in [2.45, 2.75) is 86.1 Å². The van der Waals surface area contributed by atoms with Gasteiger partial charge in [0.15, 0.2) is 0 Å². The zero-order chi connectivity index (χ0) is 20.6. The molecule has 0 saturated heterocycles. The Morgan fingerprint density at radius 3 is 2.44 bits per heavy atom. The lowest BCUT2D eigenvalue weighted by Gasteiger charge is -2.37. The number of nitrogens with zero attached hydrogens (tertiary/aromatic N) is 2. The number of carboxylic acids is 1. The monoisotopic (exact) mass is 394 g/mol. The third kappa shape index (κ3) is 4.05. The lowest BCUT2D eigenvalue weighted by molar-refractivity contribution is -0.155. The number of aromatic nitrogens is 1. The summed E-state index contributed by atoms with van der Waals surface area (Å²) in [6.07, 6.45) is 6.26. The predicted molar refractivity (Wildman–Crippen MR) is 109 cm³/mol. The highest BCUT2D eigenvalue weighted by Crippen LogP contribution is 2.56. The molecule has 1 saturated carbocycles. The summed E-state index contributed by atoms with van der Waals surface area (Å²) in [6.45, 7) is 14.1. The Hall–Kier alpha value is -1.43. The summed E-state index contributed by atoms with van der Waals surface area (Å²) in [5, 5.41) is 9.69. The first-order valence-electron chi connectivity index (χ1n) is 9.89. The van der Waals surface area contributed by atoms with Crippen LogP contribution in [0.2, 0.25) is 0 Å². The molecule has 1 N–H and O–H groups in total. The van der Waals surface area contributed by atoms with Crippen LogP contribution in [0.5, 0.6) is 0 Å². The molecule has 152 valence electrons. The van der Waals surface area contributed by atoms with Crippen LogP contribution in [0.25, 0.3) is 0 Å². The molecule has 2 rings (SSSR count). The van der Waals surface area contributed by atoms with Gasteiger partial charge in [-0.3, -0.25) is 13.5 Å². The van der Waals surface area contributed by atoms with E-state index in [4.69, 9.17) is 0 Å². The van der Waals surface area contributed by atoms with Crippen molar-refractivity contribution in [3.63, 3.8) is 0 Å². The molecule has 6 heteroatoms. The lowest BCUT2D eigenvalue weighted by atomic mass is 9.65. The fourth-order valence-electron chi connectivity index (χ4n) is 3.83. The average molecular weight is 395 g/mol. The van der Waals surface area contributed by atoms with Gasteiger partial charge in [0.1, 0.15) is 4.67 Å². The second-order valence-corrected chi connectivity index (χ2v) is 10.5. The maximum atomic E-state index is 13.1. The number of hydrogen-bond donors (Lipinski definition) is 1. The Balaban J connectivity index is 2.42. The Bertz CT molecular complexity index is 782. The second-order valence-electron chi connectivity index (χ2n) is 9.55. The Kier molecular flexibility index (Phi) is 6.10. The Morgan fingerprint density at radius 1 is 1.33 bits per heavy atom. The molecule has 1 aliphatic carbocycles. The fraction of sp³-hybridized carbons (Fsp3) is 0.762. The van der Waals surface area contributed by atoms with Crippen LogP contribution >= 0.6 is 11.5 Å². The molecule has 1 amide bonds. The zero-order valence-corrected chi connectivity index (χ0v) is 18.6. The lowest BCUT2D eigenvalue weighted by Crippen LogP contribution is -2.42. The van der Waals surface area contributed by atoms with Crippen molar-refractivity contribution in [2.75, 3.05) is 0 Å². The minimum absolute atomic E-state index is 0.0586. The number of rotatable bonds is 5. The summed E-state index contributed by atoms with van der Waals surface area (Å²) in [5.74, 6) is -1.36. The summed E-state index contributed by atoms with van der Waals surface area (Å²) < 4.78 is 2.94. The molecule has 0 spiro atoms. The van der Waals surface area contributed by atoms with Gasteiger partial charge in [-0.2, -0.15) is 0 Å². The van der Waals surface area contributed by atoms with E-state index in [0.29, 0.717) is 12.8 Å². The number of carbonyl (C=O) groups excluding carboxylic acids is 1. The van der Waals surface area contributed by atoms with Crippen molar-refractivity contribution in [2.24, 2.45) is 21.7 Å². The van der Waals surface area contributed by atoms with Crippen LogP contribution in [0.3, 0.4) is 0 Å². The summed E-state index contributed by atoms with van der Waals surface area (Å²) in [4.78, 5) is 29.4. The van der Waals surface area contributed by atoms with Crippen molar-refractivity contribution < 1.29 is 14.7 Å². The largest absolute Gasteiger partial charge is 0.481 e. The van der Waals surface area contributed by atoms with Gasteiger partial charge in [-0.25, -0.2) is 4.99 Å². The van der Waals surface area contributed by atoms with Crippen LogP contribution in [0, 0.1) is 16.7 Å². The molecule has 5 nitrogen and oxygen atoms in total. The summed E-state index contributed by atoms with van der Waals surface area (Å²) in [5.41, 5.74) is -0.465. The summed E-state index contributed by atoms with van der Waals surface area (Å²) in [6, 6.07) is 0. The minimum atomic E-state index is -0.894. The highest BCUT2D eigenvalue weighted by Gasteiger charge is 2.58. The van der Waals surface area contributed by atoms with E-state index in [2.05, 4.69) is 42.8 Å². The normalized spacial score (nSPS) is 25.7. The van der Waals surface area contributed by atoms with Crippen LogP contribution in [0.4, 0.5) is 0 Å². The van der Waals surface area contributed by atoms with E-state index >= 15 is 0 Å². The molecular weight excluding hydrogens is 360 g/mol. The van der Waals surface area contributed by atoms with Crippen LogP contribution in [0.1, 0.15) is 79.7 Å². The van der Waals surface area contributed by atoms with E-state index in [9.17, 15) is 14.7 Å². The smallest absolute Gasteiger partial charge is 0.309 e. The molecule has 2 unspecified atom stereocenters. The van der Waals surface area contributed by atoms with Gasteiger partial charge in [0.2, 0.25) is 0 Å². The molecule has 0 radical (unpaired) electrons. The van der Waals surface area contributed by atoms with Gasteiger partial charge in [-0.05, 0) is 70.3 Å². The Morgan fingerprint density at radius 2 is 1.96 bits per heavy atom. The van der Waals surface area contributed by atoms with Gasteiger partial charge in [-0.1, -0.05) is 27.2 Å². The number of carboxylic acid groups (broad SMARTS) is 1. The molecule has 0 aromatic carbocycles. The standard InChI is InChI=1S/C21H34N2O3S/c1-8-9-10-14-13-23(19(2,3)4)27-17(14)22-16(24)15-11-12-21(7,18(25)26)20(15,5)6/h13,15H,8-12H2,1-7H3,(H,25,26). The van der Waals surface area contributed by atoms with E-state index in [-0.39, 0.29) is 17.4 Å². The summed E-state index contributed by atoms with van der Waals surface area (Å²) >= 11 is 1.52. The zero-order valence-electron chi connectivity index (χ0n) is 17.8. The molecule has 2 atom stereocenters. The second kappa shape index (κ2) is 7.53. The van der Waals surface area contributed by atoms with Crippen molar-refractivity contribution in [1.29, 1.82) is 0 Å². The van der Waals surface area contributed by atoms with Gasteiger partial charge in [0.25, 0.3) is 5.91 Å². The van der Waals surface area contributed by atoms with Gasteiger partial charge in [-0.15, -0.1) is 0 Å². The first-order chi connectivity index (χ1) is 12.3. The minimum Gasteiger partial charge on any atom is -0.481 e. The van der Waals surface area contributed by atoms with Crippen LogP contribution < -0.4 is 4.67 Å². The maximum absolute atomic E-state index is 13.1. The topological polar surface area (TPSA) is 71.7 Å². The maximum Gasteiger partial charge on any atom is 0.309 e. The molecule has 1 fully saturated rings. The summed E-state index contributed by atoms with van der Waals surface area (Å²) in [7, 11) is 0. The van der Waals surface area contributed by atoms with E-state index in [0.717, 1.165) is 29.5 Å². The average Bonchev–Trinajstić information content (AvgIpc) is 3.05. The van der Waals surface area contributed by atoms with E-state index in [1.54, 1.807) is 6.92 Å². The van der Waals surface area contributed by atoms with Gasteiger partial charge < -0.3 is 5.11 Å². The van der Waals surface area contributed by atoms with Gasteiger partial charge >= 0.3 is 5.97 Å². The van der Waals surface area contributed by atoms with Crippen LogP contribution in [0.15, 0.2) is 11.2 Å². The highest BCUT2D eigenvalue weighted by atomic mass is 32.1. The third-order valence-electron chi connectivity index (χ3n) is 6.40. The van der Waals surface area contributed by atoms with Crippen molar-refractivity contribution in [3.05, 3.63) is 16.4 Å². The van der Waals surface area contributed by atoms with Crippen molar-refractivity contribution in [1.82, 2.24) is 3.96 Å². The molecule has 27 heavy (non-hydrogen) atoms. The quantitative estimate of drug-likeness (QED) is 0.793. The molecule has 1 aromatic rings. The third-order valence-corrected chi connectivity index (χ3v) is 7.78. The van der Waals surface area contributed by atoms with Crippen LogP contribution in [-0.4, -0.2) is 20.9 Å². The number of hydrogen-bond acceptors (Lipinski definition) is 3. The molecule has 1 heterocycles. The van der Waals surface area contributed by atoms with Crippen molar-refractivity contribution in [3.8, 4) is 0 Å². The highest BCUT2D eigenvalue weighted by molar-refractivity contribution is 7.04. The van der Waals surface area contributed by atoms with E-state index < -0.39 is 16.8 Å². The van der Waals surface area contributed by atoms with Crippen LogP contribution in [-0.2, 0) is 21.5 Å². The van der Waals surface area contributed by atoms with E-state index in [1.807, 2.05) is 13.8 Å². The number of carbonyl (C=O) groups is 2. The first kappa shape index (κ1) is 21.9. The molecule has 0 aliphatic heterocycles. The van der Waals surface area contributed by atoms with E-state index in [1.165, 1.54) is 11.5 Å². The fourth-order valence-corrected chi connectivity index (χ4v) is 4.87. The SMILES string of the molecule is CCCCc1cn(C(C)(C)C)sc1=NC(=O)C1CCC(C)(C(=O)O)C1(C)C. The number of aryl methyl sites for hydroxylation is 1. The molecule has 1 aliphatic rings. The van der Waals surface area contributed by atoms with Gasteiger partial charge in [0.05, 0.1) is 5.41 Å². The van der Waals surface area contributed by atoms with Gasteiger partial charge in [0, 0.05) is 23.2 Å². The number of aliphatic carboxylic acids is 1.